The molecule has 0 saturated heterocycles. The molecule has 0 radical (unpaired) electrons. The van der Waals surface area contributed by atoms with E-state index >= 15 is 0 Å². The second-order valence-corrected chi connectivity index (χ2v) is 5.80. The molecule has 2 aromatic rings. The van der Waals surface area contributed by atoms with Crippen molar-refractivity contribution in [1.82, 2.24) is 5.32 Å². The summed E-state index contributed by atoms with van der Waals surface area (Å²) in [6.07, 6.45) is -0.157. The maximum atomic E-state index is 13.4. The summed E-state index contributed by atoms with van der Waals surface area (Å²) >= 11 is 0. The molecule has 0 aliphatic rings. The highest BCUT2D eigenvalue weighted by atomic mass is 19.2. The summed E-state index contributed by atoms with van der Waals surface area (Å²) in [5.74, 6) is -2.16. The van der Waals surface area contributed by atoms with Gasteiger partial charge in [-0.3, -0.25) is 0 Å². The van der Waals surface area contributed by atoms with Crippen molar-refractivity contribution in [2.45, 2.75) is 32.9 Å². The Labute approximate surface area is 144 Å². The van der Waals surface area contributed by atoms with Crippen molar-refractivity contribution in [3.63, 3.8) is 0 Å². The van der Waals surface area contributed by atoms with Crippen molar-refractivity contribution in [2.24, 2.45) is 0 Å². The summed E-state index contributed by atoms with van der Waals surface area (Å²) in [7, 11) is 0. The average molecular weight is 352 g/mol. The van der Waals surface area contributed by atoms with E-state index in [1.54, 1.807) is 20.8 Å². The number of nitrogens with one attached hydrogen (secondary N) is 2. The minimum Gasteiger partial charge on any atom is -0.489 e. The van der Waals surface area contributed by atoms with Gasteiger partial charge in [-0.15, -0.1) is 0 Å². The molecule has 7 heteroatoms. The van der Waals surface area contributed by atoms with E-state index in [-0.39, 0.29) is 11.8 Å². The molecule has 0 fully saturated rings. The molecule has 0 heterocycles. The molecular formula is C18H19F3N2O2. The Morgan fingerprint density at radius 1 is 1.00 bits per heavy atom. The van der Waals surface area contributed by atoms with Gasteiger partial charge < -0.3 is 15.4 Å². The minimum absolute atomic E-state index is 0.157. The standard InChI is InChI=1S/C18H19F3N2O2/c1-10(2)25-17-7-5-13(19)9-16(17)23-18(24)22-11(3)12-4-6-14(20)15(21)8-12/h4-11H,1-3H3,(H2,22,23,24). The van der Waals surface area contributed by atoms with E-state index in [1.807, 2.05) is 0 Å². The van der Waals surface area contributed by atoms with Crippen LogP contribution in [-0.4, -0.2) is 12.1 Å². The number of hydrogen-bond donors (Lipinski definition) is 2. The predicted octanol–water partition coefficient (Wildman–Crippen LogP) is 4.77. The Morgan fingerprint density at radius 2 is 1.72 bits per heavy atom. The summed E-state index contributed by atoms with van der Waals surface area (Å²) in [6.45, 7) is 5.22. The summed E-state index contributed by atoms with van der Waals surface area (Å²) in [4.78, 5) is 12.1. The number of ether oxygens (including phenoxy) is 1. The van der Waals surface area contributed by atoms with Gasteiger partial charge in [0.1, 0.15) is 11.6 Å². The topological polar surface area (TPSA) is 50.4 Å². The fourth-order valence-electron chi connectivity index (χ4n) is 2.18. The monoisotopic (exact) mass is 352 g/mol. The van der Waals surface area contributed by atoms with E-state index in [0.717, 1.165) is 18.2 Å². The first-order valence-electron chi connectivity index (χ1n) is 7.75. The van der Waals surface area contributed by atoms with Gasteiger partial charge in [-0.25, -0.2) is 18.0 Å². The Morgan fingerprint density at radius 3 is 2.36 bits per heavy atom. The Kier molecular flexibility index (Phi) is 5.90. The summed E-state index contributed by atoms with van der Waals surface area (Å²) in [6, 6.07) is 5.94. The SMILES string of the molecule is CC(C)Oc1ccc(F)cc1NC(=O)NC(C)c1ccc(F)c(F)c1. The number of rotatable bonds is 5. The number of hydrogen-bond acceptors (Lipinski definition) is 2. The van der Waals surface area contributed by atoms with Crippen LogP contribution in [0.15, 0.2) is 36.4 Å². The van der Waals surface area contributed by atoms with Gasteiger partial charge in [0, 0.05) is 6.07 Å². The maximum absolute atomic E-state index is 13.4. The highest BCUT2D eigenvalue weighted by Gasteiger charge is 2.15. The molecule has 0 aliphatic carbocycles. The quantitative estimate of drug-likeness (QED) is 0.814. The van der Waals surface area contributed by atoms with Crippen molar-refractivity contribution < 1.29 is 22.7 Å². The van der Waals surface area contributed by atoms with E-state index in [0.29, 0.717) is 11.3 Å². The number of benzene rings is 2. The second kappa shape index (κ2) is 7.92. The molecule has 0 spiro atoms. The van der Waals surface area contributed by atoms with Gasteiger partial charge in [-0.1, -0.05) is 6.07 Å². The lowest BCUT2D eigenvalue weighted by molar-refractivity contribution is 0.241. The van der Waals surface area contributed by atoms with Gasteiger partial charge in [-0.2, -0.15) is 0 Å². The van der Waals surface area contributed by atoms with Crippen LogP contribution in [0.4, 0.5) is 23.7 Å². The molecular weight excluding hydrogens is 333 g/mol. The van der Waals surface area contributed by atoms with Crippen molar-refractivity contribution in [3.8, 4) is 5.75 Å². The number of halogens is 3. The molecule has 2 rings (SSSR count). The third-order valence-electron chi connectivity index (χ3n) is 3.34. The highest BCUT2D eigenvalue weighted by molar-refractivity contribution is 5.91. The van der Waals surface area contributed by atoms with Crippen LogP contribution in [0.25, 0.3) is 0 Å². The summed E-state index contributed by atoms with van der Waals surface area (Å²) in [5.41, 5.74) is 0.565. The molecule has 25 heavy (non-hydrogen) atoms. The molecule has 2 N–H and O–H groups in total. The minimum atomic E-state index is -0.996. The Hall–Kier alpha value is -2.70. The first-order chi connectivity index (χ1) is 11.8. The summed E-state index contributed by atoms with van der Waals surface area (Å²) < 4.78 is 45.2. The zero-order valence-electron chi connectivity index (χ0n) is 14.1. The van der Waals surface area contributed by atoms with E-state index in [4.69, 9.17) is 4.74 Å². The zero-order valence-corrected chi connectivity index (χ0v) is 14.1. The molecule has 2 aromatic carbocycles. The van der Waals surface area contributed by atoms with E-state index in [1.165, 1.54) is 18.2 Å². The first kappa shape index (κ1) is 18.6. The molecule has 0 saturated carbocycles. The van der Waals surface area contributed by atoms with Crippen molar-refractivity contribution in [3.05, 3.63) is 59.4 Å². The number of carbonyl (C=O) groups is 1. The van der Waals surface area contributed by atoms with Gasteiger partial charge in [-0.05, 0) is 50.6 Å². The van der Waals surface area contributed by atoms with Gasteiger partial charge >= 0.3 is 6.03 Å². The fraction of sp³-hybridized carbons (Fsp3) is 0.278. The number of carbonyl (C=O) groups excluding carboxylic acids is 1. The molecule has 134 valence electrons. The van der Waals surface area contributed by atoms with E-state index < -0.39 is 29.5 Å². The van der Waals surface area contributed by atoms with Gasteiger partial charge in [0.05, 0.1) is 17.8 Å². The molecule has 0 aromatic heterocycles. The number of anilines is 1. The van der Waals surface area contributed by atoms with E-state index in [2.05, 4.69) is 10.6 Å². The third-order valence-corrected chi connectivity index (χ3v) is 3.34. The second-order valence-electron chi connectivity index (χ2n) is 5.80. The molecule has 0 bridgehead atoms. The van der Waals surface area contributed by atoms with Crippen LogP contribution in [-0.2, 0) is 0 Å². The van der Waals surface area contributed by atoms with E-state index in [9.17, 15) is 18.0 Å². The van der Waals surface area contributed by atoms with Crippen LogP contribution in [0.1, 0.15) is 32.4 Å². The molecule has 4 nitrogen and oxygen atoms in total. The fourth-order valence-corrected chi connectivity index (χ4v) is 2.18. The molecule has 1 unspecified atom stereocenters. The van der Waals surface area contributed by atoms with Crippen LogP contribution in [0.3, 0.4) is 0 Å². The van der Waals surface area contributed by atoms with Crippen LogP contribution >= 0.6 is 0 Å². The molecule has 2 amide bonds. The number of urea groups is 1. The van der Waals surface area contributed by atoms with Gasteiger partial charge in [0.25, 0.3) is 0 Å². The van der Waals surface area contributed by atoms with Crippen LogP contribution in [0, 0.1) is 17.5 Å². The average Bonchev–Trinajstić information content (AvgIpc) is 2.52. The van der Waals surface area contributed by atoms with Crippen LogP contribution < -0.4 is 15.4 Å². The zero-order chi connectivity index (χ0) is 18.6. The highest BCUT2D eigenvalue weighted by Crippen LogP contribution is 2.26. The number of amides is 2. The smallest absolute Gasteiger partial charge is 0.319 e. The Balaban J connectivity index is 2.09. The third kappa shape index (κ3) is 5.14. The van der Waals surface area contributed by atoms with Crippen LogP contribution in [0.2, 0.25) is 0 Å². The van der Waals surface area contributed by atoms with Crippen molar-refractivity contribution in [1.29, 1.82) is 0 Å². The largest absolute Gasteiger partial charge is 0.489 e. The van der Waals surface area contributed by atoms with Crippen LogP contribution in [0.5, 0.6) is 5.75 Å². The maximum Gasteiger partial charge on any atom is 0.319 e. The first-order valence-corrected chi connectivity index (χ1v) is 7.75. The molecule has 0 aliphatic heterocycles. The van der Waals surface area contributed by atoms with Crippen molar-refractivity contribution >= 4 is 11.7 Å². The van der Waals surface area contributed by atoms with Gasteiger partial charge in [0.2, 0.25) is 0 Å². The lowest BCUT2D eigenvalue weighted by atomic mass is 10.1. The van der Waals surface area contributed by atoms with Crippen molar-refractivity contribution in [2.75, 3.05) is 5.32 Å². The lowest BCUT2D eigenvalue weighted by Crippen LogP contribution is -2.31. The lowest BCUT2D eigenvalue weighted by Gasteiger charge is -2.18. The molecule has 1 atom stereocenters. The summed E-state index contributed by atoms with van der Waals surface area (Å²) in [5, 5.41) is 5.07. The Bertz CT molecular complexity index is 766. The normalized spacial score (nSPS) is 12.0. The van der Waals surface area contributed by atoms with Gasteiger partial charge in [0.15, 0.2) is 11.6 Å². The predicted molar refractivity (Wildman–Crippen MR) is 89.1 cm³/mol.